The average molecular weight is 255 g/mol. The van der Waals surface area contributed by atoms with E-state index in [1.54, 1.807) is 0 Å². The number of carbonyl (C=O) groups excluding carboxylic acids is 1. The molecule has 1 aromatic rings. The highest BCUT2D eigenvalue weighted by atomic mass is 16.2. The van der Waals surface area contributed by atoms with Crippen LogP contribution in [0.25, 0.3) is 0 Å². The maximum absolute atomic E-state index is 11.8. The van der Waals surface area contributed by atoms with Crippen molar-refractivity contribution in [2.45, 2.75) is 18.8 Å². The van der Waals surface area contributed by atoms with E-state index in [2.05, 4.69) is 17.5 Å². The van der Waals surface area contributed by atoms with Gasteiger partial charge in [-0.3, -0.25) is 4.79 Å². The fraction of sp³-hybridized carbons (Fsp3) is 0.467. The molecule has 1 aromatic carbocycles. The van der Waals surface area contributed by atoms with E-state index in [4.69, 9.17) is 5.26 Å². The summed E-state index contributed by atoms with van der Waals surface area (Å²) in [5, 5.41) is 12.0. The standard InChI is InChI=1S/C15H17N3O/c16-8-11-1-4-14-12(7-11)2-3-13(14)10-18-6-5-17-9-15(18)19/h1,4,7,13,17H,2-3,5-6,9-10H2/t13-/m1/s1. The Morgan fingerprint density at radius 2 is 2.37 bits per heavy atom. The summed E-state index contributed by atoms with van der Waals surface area (Å²) in [4.78, 5) is 13.8. The predicted molar refractivity (Wildman–Crippen MR) is 71.7 cm³/mol. The van der Waals surface area contributed by atoms with E-state index >= 15 is 0 Å². The van der Waals surface area contributed by atoms with Gasteiger partial charge < -0.3 is 10.2 Å². The fourth-order valence-corrected chi connectivity index (χ4v) is 3.07. The van der Waals surface area contributed by atoms with E-state index in [1.165, 1.54) is 11.1 Å². The van der Waals surface area contributed by atoms with Crippen LogP contribution in [-0.2, 0) is 11.2 Å². The number of fused-ring (bicyclic) bond motifs is 1. The van der Waals surface area contributed by atoms with E-state index in [-0.39, 0.29) is 5.91 Å². The molecule has 1 atom stereocenters. The van der Waals surface area contributed by atoms with Crippen LogP contribution in [0.15, 0.2) is 18.2 Å². The molecule has 2 aliphatic rings. The van der Waals surface area contributed by atoms with Gasteiger partial charge in [-0.05, 0) is 36.1 Å². The van der Waals surface area contributed by atoms with Gasteiger partial charge in [0.05, 0.1) is 18.2 Å². The molecule has 1 heterocycles. The van der Waals surface area contributed by atoms with Crippen molar-refractivity contribution in [2.75, 3.05) is 26.2 Å². The molecule has 4 nitrogen and oxygen atoms in total. The van der Waals surface area contributed by atoms with Crippen LogP contribution in [0, 0.1) is 11.3 Å². The van der Waals surface area contributed by atoms with E-state index < -0.39 is 0 Å². The third-order valence-corrected chi connectivity index (χ3v) is 4.10. The van der Waals surface area contributed by atoms with Crippen molar-refractivity contribution in [2.24, 2.45) is 0 Å². The first-order chi connectivity index (χ1) is 9.28. The second-order valence-electron chi connectivity index (χ2n) is 5.28. The number of hydrogen-bond donors (Lipinski definition) is 1. The molecule has 0 radical (unpaired) electrons. The number of piperazine rings is 1. The third-order valence-electron chi connectivity index (χ3n) is 4.10. The molecule has 1 fully saturated rings. The zero-order valence-corrected chi connectivity index (χ0v) is 10.9. The number of rotatable bonds is 2. The van der Waals surface area contributed by atoms with Crippen LogP contribution in [0.5, 0.6) is 0 Å². The van der Waals surface area contributed by atoms with Crippen LogP contribution in [0.3, 0.4) is 0 Å². The molecule has 1 aliphatic carbocycles. The molecular weight excluding hydrogens is 238 g/mol. The second-order valence-corrected chi connectivity index (χ2v) is 5.28. The number of amides is 1. The summed E-state index contributed by atoms with van der Waals surface area (Å²) < 4.78 is 0. The molecule has 0 spiro atoms. The molecule has 0 saturated carbocycles. The summed E-state index contributed by atoms with van der Waals surface area (Å²) in [5.74, 6) is 0.637. The highest BCUT2D eigenvalue weighted by molar-refractivity contribution is 5.79. The maximum Gasteiger partial charge on any atom is 0.236 e. The van der Waals surface area contributed by atoms with E-state index in [0.717, 1.165) is 38.0 Å². The lowest BCUT2D eigenvalue weighted by molar-refractivity contribution is -0.132. The minimum Gasteiger partial charge on any atom is -0.340 e. The molecule has 0 aromatic heterocycles. The van der Waals surface area contributed by atoms with E-state index in [1.807, 2.05) is 17.0 Å². The van der Waals surface area contributed by atoms with E-state index in [9.17, 15) is 4.79 Å². The molecular formula is C15H17N3O. The van der Waals surface area contributed by atoms with Gasteiger partial charge in [0.2, 0.25) is 5.91 Å². The summed E-state index contributed by atoms with van der Waals surface area (Å²) in [6.45, 7) is 2.98. The third kappa shape index (κ3) is 2.34. The minimum atomic E-state index is 0.202. The lowest BCUT2D eigenvalue weighted by atomic mass is 9.99. The quantitative estimate of drug-likeness (QED) is 0.858. The van der Waals surface area contributed by atoms with Crippen LogP contribution in [0.1, 0.15) is 29.0 Å². The molecule has 1 aliphatic heterocycles. The molecule has 4 heteroatoms. The Hall–Kier alpha value is -1.86. The van der Waals surface area contributed by atoms with Gasteiger partial charge in [-0.25, -0.2) is 0 Å². The first kappa shape index (κ1) is 12.2. The van der Waals surface area contributed by atoms with Crippen LogP contribution in [-0.4, -0.2) is 37.0 Å². The van der Waals surface area contributed by atoms with Gasteiger partial charge in [-0.15, -0.1) is 0 Å². The average Bonchev–Trinajstić information content (AvgIpc) is 2.83. The summed E-state index contributed by atoms with van der Waals surface area (Å²) in [5.41, 5.74) is 3.34. The number of benzene rings is 1. The number of aryl methyl sites for hydroxylation is 1. The highest BCUT2D eigenvalue weighted by Crippen LogP contribution is 2.34. The predicted octanol–water partition coefficient (Wildman–Crippen LogP) is 1.02. The van der Waals surface area contributed by atoms with Gasteiger partial charge in [0, 0.05) is 25.6 Å². The zero-order chi connectivity index (χ0) is 13.2. The van der Waals surface area contributed by atoms with Gasteiger partial charge in [-0.2, -0.15) is 5.26 Å². The van der Waals surface area contributed by atoms with Crippen molar-refractivity contribution >= 4 is 5.91 Å². The lowest BCUT2D eigenvalue weighted by Gasteiger charge is -2.30. The van der Waals surface area contributed by atoms with Gasteiger partial charge in [0.1, 0.15) is 0 Å². The number of hydrogen-bond acceptors (Lipinski definition) is 3. The molecule has 98 valence electrons. The number of nitriles is 1. The highest BCUT2D eigenvalue weighted by Gasteiger charge is 2.27. The Labute approximate surface area is 113 Å². The fourth-order valence-electron chi connectivity index (χ4n) is 3.07. The summed E-state index contributed by atoms with van der Waals surface area (Å²) >= 11 is 0. The Balaban J connectivity index is 1.75. The molecule has 1 amide bonds. The van der Waals surface area contributed by atoms with Crippen LogP contribution >= 0.6 is 0 Å². The van der Waals surface area contributed by atoms with Crippen LogP contribution in [0.4, 0.5) is 0 Å². The molecule has 1 N–H and O–H groups in total. The Morgan fingerprint density at radius 1 is 1.47 bits per heavy atom. The summed E-state index contributed by atoms with van der Waals surface area (Å²) in [7, 11) is 0. The normalized spacial score (nSPS) is 22.2. The monoisotopic (exact) mass is 255 g/mol. The topological polar surface area (TPSA) is 56.1 Å². The SMILES string of the molecule is N#Cc1ccc2c(c1)CC[C@@H]2CN1CCNCC1=O. The van der Waals surface area contributed by atoms with Gasteiger partial charge >= 0.3 is 0 Å². The zero-order valence-electron chi connectivity index (χ0n) is 10.9. The molecule has 0 unspecified atom stereocenters. The van der Waals surface area contributed by atoms with Crippen molar-refractivity contribution in [3.63, 3.8) is 0 Å². The van der Waals surface area contributed by atoms with Crippen molar-refractivity contribution in [1.29, 1.82) is 5.26 Å². The van der Waals surface area contributed by atoms with Crippen LogP contribution < -0.4 is 5.32 Å². The number of carbonyl (C=O) groups is 1. The van der Waals surface area contributed by atoms with Gasteiger partial charge in [0.15, 0.2) is 0 Å². The Kier molecular flexibility index (Phi) is 3.22. The largest absolute Gasteiger partial charge is 0.340 e. The van der Waals surface area contributed by atoms with Crippen molar-refractivity contribution in [1.82, 2.24) is 10.2 Å². The summed E-state index contributed by atoms with van der Waals surface area (Å²) in [6.07, 6.45) is 2.11. The second kappa shape index (κ2) is 5.02. The summed E-state index contributed by atoms with van der Waals surface area (Å²) in [6, 6.07) is 8.14. The number of nitrogens with zero attached hydrogens (tertiary/aromatic N) is 2. The molecule has 1 saturated heterocycles. The van der Waals surface area contributed by atoms with Crippen molar-refractivity contribution in [3.05, 3.63) is 34.9 Å². The lowest BCUT2D eigenvalue weighted by Crippen LogP contribution is -2.49. The smallest absolute Gasteiger partial charge is 0.236 e. The maximum atomic E-state index is 11.8. The van der Waals surface area contributed by atoms with E-state index in [0.29, 0.717) is 12.5 Å². The molecule has 3 rings (SSSR count). The Morgan fingerprint density at radius 3 is 3.16 bits per heavy atom. The Bertz CT molecular complexity index is 547. The van der Waals surface area contributed by atoms with Gasteiger partial charge in [0.25, 0.3) is 0 Å². The van der Waals surface area contributed by atoms with Crippen molar-refractivity contribution in [3.8, 4) is 6.07 Å². The minimum absolute atomic E-state index is 0.202. The number of nitrogens with one attached hydrogen (secondary N) is 1. The van der Waals surface area contributed by atoms with Crippen molar-refractivity contribution < 1.29 is 4.79 Å². The first-order valence-corrected chi connectivity index (χ1v) is 6.79. The molecule has 19 heavy (non-hydrogen) atoms. The van der Waals surface area contributed by atoms with Gasteiger partial charge in [-0.1, -0.05) is 6.07 Å². The van der Waals surface area contributed by atoms with Crippen LogP contribution in [0.2, 0.25) is 0 Å². The first-order valence-electron chi connectivity index (χ1n) is 6.79. The molecule has 0 bridgehead atoms.